The summed E-state index contributed by atoms with van der Waals surface area (Å²) in [5.41, 5.74) is 3.12. The van der Waals surface area contributed by atoms with E-state index >= 15 is 0 Å². The SMILES string of the molecule is CCN(CC)S(=O)(=O)c1ccc(C(=O)N2CC(=O)Nc3ccc(C)cc3[C@@H]2c2ccc(F)cc2)cc1. The molecule has 0 bridgehead atoms. The van der Waals surface area contributed by atoms with E-state index in [1.165, 1.54) is 45.6 Å². The fourth-order valence-corrected chi connectivity index (χ4v) is 5.93. The van der Waals surface area contributed by atoms with Gasteiger partial charge in [-0.25, -0.2) is 12.8 Å². The van der Waals surface area contributed by atoms with Gasteiger partial charge in [-0.2, -0.15) is 4.31 Å². The molecule has 0 aromatic heterocycles. The maximum absolute atomic E-state index is 13.8. The molecule has 3 aromatic rings. The lowest BCUT2D eigenvalue weighted by Gasteiger charge is -2.31. The average Bonchev–Trinajstić information content (AvgIpc) is 3.00. The molecule has 1 aliphatic heterocycles. The number of anilines is 1. The van der Waals surface area contributed by atoms with Gasteiger partial charge in [-0.1, -0.05) is 43.7 Å². The lowest BCUT2D eigenvalue weighted by molar-refractivity contribution is -0.117. The van der Waals surface area contributed by atoms with Gasteiger partial charge in [-0.3, -0.25) is 9.59 Å². The Kier molecular flexibility index (Phi) is 7.23. The molecule has 0 saturated heterocycles. The van der Waals surface area contributed by atoms with Gasteiger partial charge in [0.25, 0.3) is 5.91 Å². The van der Waals surface area contributed by atoms with Crippen LogP contribution in [0.5, 0.6) is 0 Å². The smallest absolute Gasteiger partial charge is 0.255 e. The van der Waals surface area contributed by atoms with Crippen LogP contribution in [0.3, 0.4) is 0 Å². The van der Waals surface area contributed by atoms with E-state index in [1.807, 2.05) is 19.1 Å². The molecule has 0 unspecified atom stereocenters. The van der Waals surface area contributed by atoms with Crippen molar-refractivity contribution in [3.8, 4) is 0 Å². The summed E-state index contributed by atoms with van der Waals surface area (Å²) in [5.74, 6) is -1.21. The van der Waals surface area contributed by atoms with Gasteiger partial charge < -0.3 is 10.2 Å². The summed E-state index contributed by atoms with van der Waals surface area (Å²) in [6.45, 7) is 5.88. The number of sulfonamides is 1. The van der Waals surface area contributed by atoms with Crippen LogP contribution in [-0.2, 0) is 14.8 Å². The maximum Gasteiger partial charge on any atom is 0.255 e. The Bertz CT molecular complexity index is 1390. The second-order valence-corrected chi connectivity index (χ2v) is 10.6. The third-order valence-electron chi connectivity index (χ3n) is 6.29. The van der Waals surface area contributed by atoms with Crippen LogP contribution in [0.25, 0.3) is 0 Å². The monoisotopic (exact) mass is 509 g/mol. The van der Waals surface area contributed by atoms with Crippen molar-refractivity contribution >= 4 is 27.5 Å². The van der Waals surface area contributed by atoms with E-state index < -0.39 is 27.8 Å². The van der Waals surface area contributed by atoms with Gasteiger partial charge in [-0.05, 0) is 55.0 Å². The van der Waals surface area contributed by atoms with E-state index in [9.17, 15) is 22.4 Å². The molecule has 1 N–H and O–H groups in total. The maximum atomic E-state index is 13.8. The predicted octanol–water partition coefficient (Wildman–Crippen LogP) is 4.35. The molecular formula is C27H28FN3O4S. The zero-order chi connectivity index (χ0) is 26.0. The Morgan fingerprint density at radius 3 is 2.28 bits per heavy atom. The molecule has 0 radical (unpaired) electrons. The molecule has 0 saturated carbocycles. The molecule has 2 amide bonds. The van der Waals surface area contributed by atoms with Crippen LogP contribution in [-0.4, -0.2) is 49.1 Å². The number of fused-ring (bicyclic) bond motifs is 1. The van der Waals surface area contributed by atoms with Gasteiger partial charge in [0.15, 0.2) is 0 Å². The minimum Gasteiger partial charge on any atom is -0.324 e. The first-order valence-electron chi connectivity index (χ1n) is 11.7. The van der Waals surface area contributed by atoms with Crippen molar-refractivity contribution in [2.75, 3.05) is 25.0 Å². The van der Waals surface area contributed by atoms with Gasteiger partial charge in [0, 0.05) is 29.9 Å². The number of nitrogens with zero attached hydrogens (tertiary/aromatic N) is 2. The van der Waals surface area contributed by atoms with Crippen LogP contribution < -0.4 is 5.32 Å². The highest BCUT2D eigenvalue weighted by atomic mass is 32.2. The second-order valence-electron chi connectivity index (χ2n) is 8.64. The van der Waals surface area contributed by atoms with Crippen LogP contribution in [0, 0.1) is 12.7 Å². The Balaban J connectivity index is 1.78. The normalized spacial score (nSPS) is 15.9. The van der Waals surface area contributed by atoms with Crippen molar-refractivity contribution in [2.45, 2.75) is 31.7 Å². The summed E-state index contributed by atoms with van der Waals surface area (Å²) in [6, 6.07) is 16.5. The van der Waals surface area contributed by atoms with E-state index in [4.69, 9.17) is 0 Å². The molecule has 0 spiro atoms. The van der Waals surface area contributed by atoms with E-state index in [-0.39, 0.29) is 22.9 Å². The average molecular weight is 510 g/mol. The molecule has 1 heterocycles. The number of amides is 2. The quantitative estimate of drug-likeness (QED) is 0.535. The molecule has 188 valence electrons. The first-order valence-corrected chi connectivity index (χ1v) is 13.2. The molecule has 1 atom stereocenters. The van der Waals surface area contributed by atoms with Crippen LogP contribution in [0.4, 0.5) is 10.1 Å². The van der Waals surface area contributed by atoms with Crippen molar-refractivity contribution in [1.29, 1.82) is 0 Å². The minimum atomic E-state index is -3.68. The topological polar surface area (TPSA) is 86.8 Å². The molecule has 1 aliphatic rings. The van der Waals surface area contributed by atoms with Crippen molar-refractivity contribution in [3.05, 3.63) is 94.8 Å². The molecule has 3 aromatic carbocycles. The number of nitrogens with one attached hydrogen (secondary N) is 1. The third-order valence-corrected chi connectivity index (χ3v) is 8.36. The Hall–Kier alpha value is -3.56. The summed E-state index contributed by atoms with van der Waals surface area (Å²) < 4.78 is 40.8. The number of hydrogen-bond acceptors (Lipinski definition) is 4. The highest BCUT2D eigenvalue weighted by Crippen LogP contribution is 2.37. The van der Waals surface area contributed by atoms with Crippen molar-refractivity contribution in [1.82, 2.24) is 9.21 Å². The summed E-state index contributed by atoms with van der Waals surface area (Å²) in [4.78, 5) is 28.1. The zero-order valence-electron chi connectivity index (χ0n) is 20.4. The number of hydrogen-bond donors (Lipinski definition) is 1. The highest BCUT2D eigenvalue weighted by molar-refractivity contribution is 7.89. The molecule has 36 heavy (non-hydrogen) atoms. The fraction of sp³-hybridized carbons (Fsp3) is 0.259. The number of aryl methyl sites for hydroxylation is 1. The van der Waals surface area contributed by atoms with Crippen LogP contribution in [0.2, 0.25) is 0 Å². The number of carbonyl (C=O) groups excluding carboxylic acids is 2. The zero-order valence-corrected chi connectivity index (χ0v) is 21.2. The predicted molar refractivity (Wildman–Crippen MR) is 136 cm³/mol. The van der Waals surface area contributed by atoms with Crippen LogP contribution in [0.1, 0.15) is 46.9 Å². The molecule has 0 fully saturated rings. The van der Waals surface area contributed by atoms with Gasteiger partial charge in [-0.15, -0.1) is 0 Å². The number of benzene rings is 3. The van der Waals surface area contributed by atoms with E-state index in [1.54, 1.807) is 32.0 Å². The Morgan fingerprint density at radius 1 is 1.03 bits per heavy atom. The van der Waals surface area contributed by atoms with E-state index in [0.717, 1.165) is 5.56 Å². The van der Waals surface area contributed by atoms with E-state index in [0.29, 0.717) is 29.9 Å². The first-order chi connectivity index (χ1) is 17.1. The van der Waals surface area contributed by atoms with Crippen LogP contribution in [0.15, 0.2) is 71.6 Å². The Labute approximate surface area is 210 Å². The highest BCUT2D eigenvalue weighted by Gasteiger charge is 2.34. The van der Waals surface area contributed by atoms with Gasteiger partial charge in [0.1, 0.15) is 12.4 Å². The van der Waals surface area contributed by atoms with Crippen molar-refractivity contribution in [3.63, 3.8) is 0 Å². The molecule has 7 nitrogen and oxygen atoms in total. The molecule has 0 aliphatic carbocycles. The summed E-state index contributed by atoms with van der Waals surface area (Å²) in [6.07, 6.45) is 0. The second kappa shape index (κ2) is 10.2. The number of rotatable bonds is 6. The third kappa shape index (κ3) is 4.89. The summed E-state index contributed by atoms with van der Waals surface area (Å²) >= 11 is 0. The number of halogens is 1. The Morgan fingerprint density at radius 2 is 1.67 bits per heavy atom. The molecular weight excluding hydrogens is 481 g/mol. The van der Waals surface area contributed by atoms with Crippen LogP contribution >= 0.6 is 0 Å². The van der Waals surface area contributed by atoms with Gasteiger partial charge in [0.05, 0.1) is 10.9 Å². The summed E-state index contributed by atoms with van der Waals surface area (Å²) in [7, 11) is -3.68. The molecule has 9 heteroatoms. The van der Waals surface area contributed by atoms with Crippen molar-refractivity contribution < 1.29 is 22.4 Å². The molecule has 4 rings (SSSR count). The summed E-state index contributed by atoms with van der Waals surface area (Å²) in [5, 5.41) is 2.86. The lowest BCUT2D eigenvalue weighted by atomic mass is 9.94. The number of carbonyl (C=O) groups is 2. The lowest BCUT2D eigenvalue weighted by Crippen LogP contribution is -2.39. The van der Waals surface area contributed by atoms with Crippen molar-refractivity contribution in [2.24, 2.45) is 0 Å². The fourth-order valence-electron chi connectivity index (χ4n) is 4.47. The van der Waals surface area contributed by atoms with E-state index in [2.05, 4.69) is 5.32 Å². The van der Waals surface area contributed by atoms with Gasteiger partial charge >= 0.3 is 0 Å². The standard InChI is InChI=1S/C27H28FN3O4S/c1-4-30(5-2)36(34,35)22-13-9-20(10-14-22)27(33)31-17-25(32)29-24-15-6-18(3)16-23(24)26(31)19-7-11-21(28)12-8-19/h6-16,26H,4-5,17H2,1-3H3,(H,29,32)/t26-/m0/s1. The first kappa shape index (κ1) is 25.5. The van der Waals surface area contributed by atoms with Gasteiger partial charge in [0.2, 0.25) is 15.9 Å². The minimum absolute atomic E-state index is 0.0902. The largest absolute Gasteiger partial charge is 0.324 e.